The second-order valence-electron chi connectivity index (χ2n) is 8.36. The van der Waals surface area contributed by atoms with Crippen molar-refractivity contribution in [3.05, 3.63) is 35.6 Å². The Balaban J connectivity index is 1.39. The molecule has 3 heterocycles. The minimum absolute atomic E-state index is 0.00967. The van der Waals surface area contributed by atoms with E-state index in [1.807, 2.05) is 12.1 Å². The molecule has 1 N–H and O–H groups in total. The van der Waals surface area contributed by atoms with Crippen molar-refractivity contribution in [1.82, 2.24) is 15.1 Å². The molecule has 1 unspecified atom stereocenters. The van der Waals surface area contributed by atoms with Crippen molar-refractivity contribution in [1.29, 1.82) is 0 Å². The summed E-state index contributed by atoms with van der Waals surface area (Å²) < 4.78 is 13.2. The molecule has 1 amide bonds. The van der Waals surface area contributed by atoms with Crippen molar-refractivity contribution in [2.75, 3.05) is 32.7 Å². The van der Waals surface area contributed by atoms with E-state index < -0.39 is 0 Å². The number of hydrogen-bond acceptors (Lipinski definition) is 3. The quantitative estimate of drug-likeness (QED) is 0.901. The summed E-state index contributed by atoms with van der Waals surface area (Å²) in [5.74, 6) is 0.108. The number of nitrogens with one attached hydrogen (secondary N) is 1. The van der Waals surface area contributed by atoms with Crippen molar-refractivity contribution in [2.24, 2.45) is 5.41 Å². The van der Waals surface area contributed by atoms with E-state index in [-0.39, 0.29) is 11.9 Å². The smallest absolute Gasteiger partial charge is 0.239 e. The molecule has 0 bridgehead atoms. The van der Waals surface area contributed by atoms with E-state index in [1.54, 1.807) is 0 Å². The lowest BCUT2D eigenvalue weighted by molar-refractivity contribution is -0.140. The molecule has 1 atom stereocenters. The molecule has 5 heteroatoms. The minimum atomic E-state index is -0.205. The molecule has 0 saturated carbocycles. The Bertz CT molecular complexity index is 617. The van der Waals surface area contributed by atoms with Gasteiger partial charge in [-0.25, -0.2) is 4.39 Å². The van der Waals surface area contributed by atoms with Crippen LogP contribution in [-0.4, -0.2) is 54.5 Å². The highest BCUT2D eigenvalue weighted by Gasteiger charge is 2.40. The number of likely N-dealkylation sites (tertiary alicyclic amines) is 2. The zero-order valence-electron chi connectivity index (χ0n) is 15.6. The molecule has 3 aliphatic heterocycles. The molecule has 4 rings (SSSR count). The van der Waals surface area contributed by atoms with E-state index in [0.29, 0.717) is 11.3 Å². The van der Waals surface area contributed by atoms with Crippen LogP contribution in [-0.2, 0) is 11.3 Å². The SMILES string of the molecule is O=C(C1CCCCN1Cc1ccc(F)cc1)N1CCC2(CCNC2)CC1. The van der Waals surface area contributed by atoms with Gasteiger partial charge in [-0.2, -0.15) is 0 Å². The molecule has 0 aromatic heterocycles. The van der Waals surface area contributed by atoms with Crippen LogP contribution in [0.25, 0.3) is 0 Å². The summed E-state index contributed by atoms with van der Waals surface area (Å²) in [6.07, 6.45) is 6.74. The normalized spacial score (nSPS) is 26.3. The standard InChI is InChI=1S/C21H30FN3O/c22-18-6-4-17(5-7-18)15-25-12-2-1-3-19(25)20(26)24-13-9-21(10-14-24)8-11-23-16-21/h4-7,19,23H,1-3,8-16H2. The first-order valence-corrected chi connectivity index (χ1v) is 10.1. The molecule has 4 nitrogen and oxygen atoms in total. The van der Waals surface area contributed by atoms with Gasteiger partial charge in [0.05, 0.1) is 6.04 Å². The number of rotatable bonds is 3. The lowest BCUT2D eigenvalue weighted by atomic mass is 9.77. The van der Waals surface area contributed by atoms with Gasteiger partial charge in [-0.3, -0.25) is 9.69 Å². The predicted molar refractivity (Wildman–Crippen MR) is 100 cm³/mol. The van der Waals surface area contributed by atoms with Crippen LogP contribution in [0.2, 0.25) is 0 Å². The van der Waals surface area contributed by atoms with E-state index in [9.17, 15) is 9.18 Å². The van der Waals surface area contributed by atoms with Gasteiger partial charge in [-0.15, -0.1) is 0 Å². The first-order valence-electron chi connectivity index (χ1n) is 10.1. The third-order valence-electron chi connectivity index (χ3n) is 6.67. The van der Waals surface area contributed by atoms with Crippen molar-refractivity contribution >= 4 is 5.91 Å². The molecule has 1 spiro atoms. The summed E-state index contributed by atoms with van der Waals surface area (Å²) in [6, 6.07) is 6.68. The van der Waals surface area contributed by atoms with Crippen molar-refractivity contribution < 1.29 is 9.18 Å². The summed E-state index contributed by atoms with van der Waals surface area (Å²) in [4.78, 5) is 17.6. The predicted octanol–water partition coefficient (Wildman–Crippen LogP) is 2.78. The van der Waals surface area contributed by atoms with Crippen molar-refractivity contribution in [2.45, 2.75) is 51.1 Å². The zero-order chi connectivity index (χ0) is 18.0. The summed E-state index contributed by atoms with van der Waals surface area (Å²) in [5, 5.41) is 3.49. The Morgan fingerprint density at radius 2 is 1.88 bits per heavy atom. The fourth-order valence-electron chi connectivity index (χ4n) is 4.92. The van der Waals surface area contributed by atoms with Crippen LogP contribution in [0, 0.1) is 11.2 Å². The molecule has 0 radical (unpaired) electrons. The maximum absolute atomic E-state index is 13.2. The van der Waals surface area contributed by atoms with Crippen LogP contribution in [0.1, 0.15) is 44.1 Å². The van der Waals surface area contributed by atoms with E-state index >= 15 is 0 Å². The molecular formula is C21H30FN3O. The maximum Gasteiger partial charge on any atom is 0.239 e. The maximum atomic E-state index is 13.2. The van der Waals surface area contributed by atoms with Gasteiger partial charge in [0.25, 0.3) is 0 Å². The number of hydrogen-bond donors (Lipinski definition) is 1. The molecule has 1 aromatic rings. The van der Waals surface area contributed by atoms with Crippen LogP contribution in [0.5, 0.6) is 0 Å². The fraction of sp³-hybridized carbons (Fsp3) is 0.667. The van der Waals surface area contributed by atoms with Crippen LogP contribution in [0.3, 0.4) is 0 Å². The molecule has 3 saturated heterocycles. The second kappa shape index (κ2) is 7.65. The van der Waals surface area contributed by atoms with Crippen LogP contribution < -0.4 is 5.32 Å². The van der Waals surface area contributed by atoms with Crippen LogP contribution in [0.4, 0.5) is 4.39 Å². The molecule has 3 aliphatic rings. The molecule has 1 aromatic carbocycles. The topological polar surface area (TPSA) is 35.6 Å². The highest BCUT2D eigenvalue weighted by Crippen LogP contribution is 2.37. The average molecular weight is 359 g/mol. The van der Waals surface area contributed by atoms with Crippen LogP contribution in [0.15, 0.2) is 24.3 Å². The van der Waals surface area contributed by atoms with E-state index in [2.05, 4.69) is 15.1 Å². The number of carbonyl (C=O) groups excluding carboxylic acids is 1. The van der Waals surface area contributed by atoms with E-state index in [4.69, 9.17) is 0 Å². The van der Waals surface area contributed by atoms with Crippen molar-refractivity contribution in [3.63, 3.8) is 0 Å². The Morgan fingerprint density at radius 1 is 1.12 bits per heavy atom. The highest BCUT2D eigenvalue weighted by molar-refractivity contribution is 5.82. The number of amides is 1. The summed E-state index contributed by atoms with van der Waals surface area (Å²) in [7, 11) is 0. The summed E-state index contributed by atoms with van der Waals surface area (Å²) >= 11 is 0. The molecule has 0 aliphatic carbocycles. The van der Waals surface area contributed by atoms with Crippen LogP contribution >= 0.6 is 0 Å². The van der Waals surface area contributed by atoms with Gasteiger partial charge in [0, 0.05) is 26.2 Å². The lowest BCUT2D eigenvalue weighted by Crippen LogP contribution is -2.53. The van der Waals surface area contributed by atoms with Gasteiger partial charge in [-0.1, -0.05) is 18.6 Å². The second-order valence-corrected chi connectivity index (χ2v) is 8.36. The first kappa shape index (κ1) is 17.9. The molecule has 26 heavy (non-hydrogen) atoms. The highest BCUT2D eigenvalue weighted by atomic mass is 19.1. The van der Waals surface area contributed by atoms with Gasteiger partial charge in [0.1, 0.15) is 5.82 Å². The van der Waals surface area contributed by atoms with E-state index in [1.165, 1.54) is 18.6 Å². The largest absolute Gasteiger partial charge is 0.341 e. The molecule has 142 valence electrons. The van der Waals surface area contributed by atoms with Gasteiger partial charge in [0.2, 0.25) is 5.91 Å². The van der Waals surface area contributed by atoms with Gasteiger partial charge in [-0.05, 0) is 68.3 Å². The van der Waals surface area contributed by atoms with Gasteiger partial charge < -0.3 is 10.2 Å². The van der Waals surface area contributed by atoms with Gasteiger partial charge >= 0.3 is 0 Å². The fourth-order valence-corrected chi connectivity index (χ4v) is 4.92. The number of benzene rings is 1. The lowest BCUT2D eigenvalue weighted by Gasteiger charge is -2.43. The van der Waals surface area contributed by atoms with Crippen molar-refractivity contribution in [3.8, 4) is 0 Å². The molecule has 3 fully saturated rings. The Hall–Kier alpha value is -1.46. The first-order chi connectivity index (χ1) is 12.7. The third-order valence-corrected chi connectivity index (χ3v) is 6.67. The van der Waals surface area contributed by atoms with Gasteiger partial charge in [0.15, 0.2) is 0 Å². The monoisotopic (exact) mass is 359 g/mol. The minimum Gasteiger partial charge on any atom is -0.341 e. The summed E-state index contributed by atoms with van der Waals surface area (Å²) in [6.45, 7) is 5.74. The third kappa shape index (κ3) is 3.79. The molecular weight excluding hydrogens is 329 g/mol. The van der Waals surface area contributed by atoms with E-state index in [0.717, 1.165) is 76.9 Å². The Kier molecular flexibility index (Phi) is 5.28. The number of piperidine rings is 2. The number of carbonyl (C=O) groups is 1. The average Bonchev–Trinajstić information content (AvgIpc) is 3.12. The summed E-state index contributed by atoms with van der Waals surface area (Å²) in [5.41, 5.74) is 1.53. The Morgan fingerprint density at radius 3 is 2.58 bits per heavy atom. The Labute approximate surface area is 155 Å². The zero-order valence-corrected chi connectivity index (χ0v) is 15.6. The number of halogens is 1. The number of nitrogens with zero attached hydrogens (tertiary/aromatic N) is 2.